The second kappa shape index (κ2) is 17.0. The van der Waals surface area contributed by atoms with Gasteiger partial charge in [-0.2, -0.15) is 5.26 Å². The summed E-state index contributed by atoms with van der Waals surface area (Å²) in [5.41, 5.74) is 1.71. The molecule has 3 aliphatic heterocycles. The summed E-state index contributed by atoms with van der Waals surface area (Å²) in [6.07, 6.45) is 5.76. The summed E-state index contributed by atoms with van der Waals surface area (Å²) >= 11 is 6.24. The first-order valence-electron chi connectivity index (χ1n) is 20.3. The molecule has 58 heavy (non-hydrogen) atoms. The highest BCUT2D eigenvalue weighted by Gasteiger charge is 2.64. The molecule has 0 unspecified atom stereocenters. The molecule has 7 rings (SSSR count). The zero-order valence-electron chi connectivity index (χ0n) is 33.7. The van der Waals surface area contributed by atoms with Gasteiger partial charge in [-0.3, -0.25) is 29.4 Å². The van der Waals surface area contributed by atoms with Gasteiger partial charge in [0.15, 0.2) is 0 Å². The van der Waals surface area contributed by atoms with E-state index >= 15 is 0 Å². The van der Waals surface area contributed by atoms with Gasteiger partial charge in [0, 0.05) is 73.8 Å². The van der Waals surface area contributed by atoms with E-state index in [2.05, 4.69) is 59.2 Å². The van der Waals surface area contributed by atoms with Crippen LogP contribution in [0.25, 0.3) is 0 Å². The number of amides is 4. The Balaban J connectivity index is 0.796. The SMILES string of the molecule is CC1(C)C(NC(=O)c2ccc(N3CCN(CCCCCOc4ccc5c(c4)CCN([C@@H]4CCC(=O)NC4=O)C5=O)CC3)nc2)C(C)(C)C1Oc1ccc(C#N)c(Cl)c1. The number of nitriles is 1. The standard InChI is InChI=1S/C44H52ClN7O6/c1-43(2)41(44(3,4)42(43)58-32-10-8-29(26-46)34(45)25-32)49-38(54)30-9-14-36(47-27-30)51-21-19-50(20-22-51)17-6-5-7-23-57-31-11-12-33-28(24-31)16-18-52(40(33)56)35-13-15-37(53)48-39(35)55/h8-12,14,24-25,27,35,41-42H,5-7,13,15-23H2,1-4H3,(H,49,54)(H,48,53,55)/t35-,41?,42?/m1/s1. The van der Waals surface area contributed by atoms with E-state index in [1.807, 2.05) is 24.3 Å². The molecule has 1 saturated carbocycles. The van der Waals surface area contributed by atoms with E-state index in [1.54, 1.807) is 35.4 Å². The number of piperidine rings is 1. The predicted octanol–water partition coefficient (Wildman–Crippen LogP) is 5.39. The van der Waals surface area contributed by atoms with Gasteiger partial charge in [0.1, 0.15) is 35.5 Å². The third-order valence-electron chi connectivity index (χ3n) is 12.3. The smallest absolute Gasteiger partial charge is 0.254 e. The van der Waals surface area contributed by atoms with Crippen molar-refractivity contribution in [1.82, 2.24) is 25.4 Å². The summed E-state index contributed by atoms with van der Waals surface area (Å²) in [6, 6.07) is 15.7. The number of rotatable bonds is 13. The highest BCUT2D eigenvalue weighted by atomic mass is 35.5. The fourth-order valence-electron chi connectivity index (χ4n) is 9.37. The molecule has 0 radical (unpaired) electrons. The fraction of sp³-hybridized carbons (Fsp3) is 0.500. The maximum Gasteiger partial charge on any atom is 0.254 e. The average Bonchev–Trinajstić information content (AvgIpc) is 3.21. The molecule has 13 nitrogen and oxygen atoms in total. The largest absolute Gasteiger partial charge is 0.494 e. The van der Waals surface area contributed by atoms with E-state index in [1.165, 1.54) is 0 Å². The van der Waals surface area contributed by atoms with Crippen LogP contribution in [0.15, 0.2) is 54.7 Å². The van der Waals surface area contributed by atoms with E-state index in [-0.39, 0.29) is 47.1 Å². The number of halogens is 1. The number of aromatic nitrogens is 1. The third kappa shape index (κ3) is 8.50. The van der Waals surface area contributed by atoms with Gasteiger partial charge >= 0.3 is 0 Å². The van der Waals surface area contributed by atoms with Crippen LogP contribution in [0, 0.1) is 22.2 Å². The van der Waals surface area contributed by atoms with Gasteiger partial charge in [-0.15, -0.1) is 0 Å². The Morgan fingerprint density at radius 3 is 2.40 bits per heavy atom. The van der Waals surface area contributed by atoms with Gasteiger partial charge in [-0.05, 0) is 86.7 Å². The number of benzene rings is 2. The maximum atomic E-state index is 13.4. The second-order valence-corrected chi connectivity index (χ2v) is 17.4. The molecule has 0 spiro atoms. The van der Waals surface area contributed by atoms with E-state index in [0.29, 0.717) is 53.5 Å². The van der Waals surface area contributed by atoms with Crippen LogP contribution in [0.3, 0.4) is 0 Å². The van der Waals surface area contributed by atoms with Gasteiger partial charge in [0.2, 0.25) is 11.8 Å². The van der Waals surface area contributed by atoms with Crippen molar-refractivity contribution in [3.63, 3.8) is 0 Å². The predicted molar refractivity (Wildman–Crippen MR) is 219 cm³/mol. The van der Waals surface area contributed by atoms with Crippen molar-refractivity contribution in [3.05, 3.63) is 82.0 Å². The molecule has 4 aliphatic rings. The number of piperazine rings is 1. The summed E-state index contributed by atoms with van der Waals surface area (Å²) in [4.78, 5) is 61.4. The number of pyridine rings is 1. The number of imide groups is 1. The number of unbranched alkanes of at least 4 members (excludes halogenated alkanes) is 2. The van der Waals surface area contributed by atoms with Crippen molar-refractivity contribution in [1.29, 1.82) is 5.26 Å². The molecule has 1 atom stereocenters. The van der Waals surface area contributed by atoms with Crippen molar-refractivity contribution in [2.45, 2.75) is 84.4 Å². The number of nitrogens with zero attached hydrogens (tertiary/aromatic N) is 5. The number of nitrogens with one attached hydrogen (secondary N) is 2. The lowest BCUT2D eigenvalue weighted by Crippen LogP contribution is -2.74. The van der Waals surface area contributed by atoms with Gasteiger partial charge in [-0.25, -0.2) is 4.98 Å². The van der Waals surface area contributed by atoms with Crippen molar-refractivity contribution >= 4 is 41.0 Å². The minimum Gasteiger partial charge on any atom is -0.494 e. The van der Waals surface area contributed by atoms with Crippen LogP contribution in [-0.2, 0) is 16.0 Å². The van der Waals surface area contributed by atoms with Gasteiger partial charge in [0.25, 0.3) is 11.8 Å². The average molecular weight is 810 g/mol. The van der Waals surface area contributed by atoms with Crippen LogP contribution in [0.5, 0.6) is 11.5 Å². The van der Waals surface area contributed by atoms with E-state index in [4.69, 9.17) is 21.1 Å². The fourth-order valence-corrected chi connectivity index (χ4v) is 9.58. The minimum absolute atomic E-state index is 0.141. The normalized spacial score (nSPS) is 22.6. The molecule has 2 aromatic carbocycles. The van der Waals surface area contributed by atoms with Crippen LogP contribution >= 0.6 is 11.6 Å². The topological polar surface area (TPSA) is 157 Å². The molecule has 0 bridgehead atoms. The van der Waals surface area contributed by atoms with Crippen LogP contribution in [0.1, 0.15) is 91.6 Å². The van der Waals surface area contributed by atoms with Crippen LogP contribution in [-0.4, -0.2) is 102 Å². The van der Waals surface area contributed by atoms with Crippen molar-refractivity contribution in [2.75, 3.05) is 50.8 Å². The Labute approximate surface area is 345 Å². The van der Waals surface area contributed by atoms with Crippen LogP contribution in [0.2, 0.25) is 5.02 Å². The molecule has 1 aromatic heterocycles. The lowest BCUT2D eigenvalue weighted by atomic mass is 9.49. The summed E-state index contributed by atoms with van der Waals surface area (Å²) in [7, 11) is 0. The van der Waals surface area contributed by atoms with Gasteiger partial charge in [-0.1, -0.05) is 39.3 Å². The maximum absolute atomic E-state index is 13.4. The highest BCUT2D eigenvalue weighted by molar-refractivity contribution is 6.31. The number of ether oxygens (including phenoxy) is 2. The first-order valence-corrected chi connectivity index (χ1v) is 20.6. The monoisotopic (exact) mass is 809 g/mol. The highest BCUT2D eigenvalue weighted by Crippen LogP contribution is 2.55. The van der Waals surface area contributed by atoms with Crippen molar-refractivity contribution in [2.24, 2.45) is 10.8 Å². The molecular weight excluding hydrogens is 758 g/mol. The number of carbonyl (C=O) groups is 4. The molecule has 306 valence electrons. The quantitative estimate of drug-likeness (QED) is 0.170. The van der Waals surface area contributed by atoms with Gasteiger partial charge < -0.3 is 24.6 Å². The van der Waals surface area contributed by atoms with E-state index in [9.17, 15) is 24.4 Å². The Kier molecular flexibility index (Phi) is 12.0. The Morgan fingerprint density at radius 2 is 1.71 bits per heavy atom. The number of fused-ring (bicyclic) bond motifs is 1. The molecule has 4 heterocycles. The first-order chi connectivity index (χ1) is 27.8. The lowest BCUT2D eigenvalue weighted by Gasteiger charge is -2.63. The van der Waals surface area contributed by atoms with Crippen LogP contribution < -0.4 is 25.0 Å². The zero-order chi connectivity index (χ0) is 41.2. The zero-order valence-corrected chi connectivity index (χ0v) is 34.4. The summed E-state index contributed by atoms with van der Waals surface area (Å²) < 4.78 is 12.4. The molecule has 1 aliphatic carbocycles. The van der Waals surface area contributed by atoms with E-state index < -0.39 is 11.9 Å². The third-order valence-corrected chi connectivity index (χ3v) is 12.6. The Hall–Kier alpha value is -5.19. The lowest BCUT2D eigenvalue weighted by molar-refractivity contribution is -0.164. The Bertz CT molecular complexity index is 2080. The molecule has 3 fully saturated rings. The molecule has 14 heteroatoms. The number of hydrogen-bond acceptors (Lipinski definition) is 10. The summed E-state index contributed by atoms with van der Waals surface area (Å²) in [6.45, 7) is 14.0. The number of carbonyl (C=O) groups excluding carboxylic acids is 4. The Morgan fingerprint density at radius 1 is 0.948 bits per heavy atom. The molecule has 2 saturated heterocycles. The summed E-state index contributed by atoms with van der Waals surface area (Å²) in [5, 5.41) is 15.1. The van der Waals surface area contributed by atoms with Crippen molar-refractivity contribution < 1.29 is 28.7 Å². The molecule has 3 aromatic rings. The summed E-state index contributed by atoms with van der Waals surface area (Å²) in [5.74, 6) is 1.18. The van der Waals surface area contributed by atoms with Gasteiger partial charge in [0.05, 0.1) is 22.8 Å². The number of anilines is 1. The first kappa shape index (κ1) is 41.0. The second-order valence-electron chi connectivity index (χ2n) is 17.0. The molecule has 2 N–H and O–H groups in total. The molecule has 4 amide bonds. The number of hydrogen-bond donors (Lipinski definition) is 2. The van der Waals surface area contributed by atoms with E-state index in [0.717, 1.165) is 69.1 Å². The molecular formula is C44H52ClN7O6. The van der Waals surface area contributed by atoms with Crippen molar-refractivity contribution in [3.8, 4) is 17.6 Å². The minimum atomic E-state index is -0.602. The van der Waals surface area contributed by atoms with Crippen LogP contribution in [0.4, 0.5) is 5.82 Å².